The van der Waals surface area contributed by atoms with Gasteiger partial charge in [0, 0.05) is 16.8 Å². The van der Waals surface area contributed by atoms with E-state index in [0.717, 1.165) is 23.0 Å². The molecule has 0 aromatic heterocycles. The largest absolute Gasteiger partial charge is 0.310 e. The molecule has 0 amide bonds. The molecule has 0 saturated heterocycles. The lowest BCUT2D eigenvalue weighted by atomic mass is 10.0. The zero-order chi connectivity index (χ0) is 14.5. The Kier molecular flexibility index (Phi) is 6.50. The lowest BCUT2D eigenvalue weighted by Gasteiger charge is -2.19. The molecule has 1 atom stereocenters. The van der Waals surface area contributed by atoms with Crippen LogP contribution in [-0.2, 0) is 9.84 Å². The lowest BCUT2D eigenvalue weighted by Crippen LogP contribution is -2.24. The smallest absolute Gasteiger partial charge is 0.147 e. The topological polar surface area (TPSA) is 46.2 Å². The molecule has 1 unspecified atom stereocenters. The molecule has 1 N–H and O–H groups in total. The third kappa shape index (κ3) is 6.06. The molecule has 1 aromatic carbocycles. The van der Waals surface area contributed by atoms with Crippen LogP contribution in [0.5, 0.6) is 0 Å². The monoisotopic (exact) mass is 347 g/mol. The summed E-state index contributed by atoms with van der Waals surface area (Å²) in [5, 5.41) is 3.43. The molecule has 108 valence electrons. The highest BCUT2D eigenvalue weighted by Crippen LogP contribution is 2.23. The van der Waals surface area contributed by atoms with E-state index >= 15 is 0 Å². The van der Waals surface area contributed by atoms with E-state index < -0.39 is 9.84 Å². The van der Waals surface area contributed by atoms with Crippen LogP contribution < -0.4 is 5.32 Å². The number of rotatable bonds is 7. The summed E-state index contributed by atoms with van der Waals surface area (Å²) < 4.78 is 23.7. The van der Waals surface area contributed by atoms with E-state index in [9.17, 15) is 8.42 Å². The van der Waals surface area contributed by atoms with Crippen molar-refractivity contribution in [3.8, 4) is 0 Å². The van der Waals surface area contributed by atoms with Crippen molar-refractivity contribution in [3.05, 3.63) is 33.8 Å². The molecule has 19 heavy (non-hydrogen) atoms. The van der Waals surface area contributed by atoms with Crippen molar-refractivity contribution in [3.63, 3.8) is 0 Å². The molecule has 1 rings (SSSR count). The van der Waals surface area contributed by atoms with Crippen LogP contribution in [0.3, 0.4) is 0 Å². The summed E-state index contributed by atoms with van der Waals surface area (Å²) in [6, 6.07) is 6.28. The van der Waals surface area contributed by atoms with Crippen LogP contribution >= 0.6 is 15.9 Å². The molecule has 0 radical (unpaired) electrons. The summed E-state index contributed by atoms with van der Waals surface area (Å²) in [6.07, 6.45) is 2.93. The average molecular weight is 348 g/mol. The molecular formula is C14H22BrNO2S. The summed E-state index contributed by atoms with van der Waals surface area (Å²) in [7, 11) is -2.92. The molecule has 5 heteroatoms. The quantitative estimate of drug-likeness (QED) is 0.823. The number of halogens is 1. The number of aryl methyl sites for hydroxylation is 1. The Morgan fingerprint density at radius 1 is 1.37 bits per heavy atom. The van der Waals surface area contributed by atoms with E-state index in [1.54, 1.807) is 0 Å². The number of benzene rings is 1. The molecule has 3 nitrogen and oxygen atoms in total. The molecule has 0 spiro atoms. The fourth-order valence-electron chi connectivity index (χ4n) is 1.92. The summed E-state index contributed by atoms with van der Waals surface area (Å²) >= 11 is 3.49. The van der Waals surface area contributed by atoms with Crippen molar-refractivity contribution >= 4 is 25.8 Å². The molecule has 0 bridgehead atoms. The van der Waals surface area contributed by atoms with E-state index in [2.05, 4.69) is 34.2 Å². The van der Waals surface area contributed by atoms with Crippen molar-refractivity contribution in [2.75, 3.05) is 18.6 Å². The molecule has 0 heterocycles. The Hall–Kier alpha value is -0.390. The van der Waals surface area contributed by atoms with Crippen molar-refractivity contribution in [2.45, 2.75) is 32.7 Å². The van der Waals surface area contributed by atoms with E-state index in [1.165, 1.54) is 11.8 Å². The molecule has 0 saturated carbocycles. The van der Waals surface area contributed by atoms with Gasteiger partial charge in [-0.1, -0.05) is 35.0 Å². The van der Waals surface area contributed by atoms with Gasteiger partial charge in [0.2, 0.25) is 0 Å². The van der Waals surface area contributed by atoms with Crippen LogP contribution in [0.4, 0.5) is 0 Å². The zero-order valence-corrected chi connectivity index (χ0v) is 14.1. The summed E-state index contributed by atoms with van der Waals surface area (Å²) in [4.78, 5) is 0. The first-order valence-corrected chi connectivity index (χ1v) is 9.36. The number of sulfone groups is 1. The van der Waals surface area contributed by atoms with Crippen LogP contribution in [0.15, 0.2) is 22.7 Å². The first kappa shape index (κ1) is 16.7. The molecule has 0 aliphatic heterocycles. The minimum Gasteiger partial charge on any atom is -0.310 e. The van der Waals surface area contributed by atoms with Gasteiger partial charge in [0.15, 0.2) is 0 Å². The first-order valence-electron chi connectivity index (χ1n) is 6.50. The summed E-state index contributed by atoms with van der Waals surface area (Å²) in [5.41, 5.74) is 2.32. The third-order valence-corrected chi connectivity index (χ3v) is 4.87. The van der Waals surface area contributed by atoms with E-state index in [4.69, 9.17) is 0 Å². The summed E-state index contributed by atoms with van der Waals surface area (Å²) in [6.45, 7) is 5.04. The van der Waals surface area contributed by atoms with Crippen molar-refractivity contribution in [1.29, 1.82) is 0 Å². The predicted molar refractivity (Wildman–Crippen MR) is 84.2 cm³/mol. The van der Waals surface area contributed by atoms with Gasteiger partial charge in [-0.25, -0.2) is 8.42 Å². The highest BCUT2D eigenvalue weighted by atomic mass is 79.9. The van der Waals surface area contributed by atoms with Gasteiger partial charge in [0.25, 0.3) is 0 Å². The standard InChI is InChI=1S/C14H22BrNO2S/c1-4-8-16-14(7-9-19(3,17)18)12-5-6-13(15)11(2)10-12/h5-6,10,14,16H,4,7-9H2,1-3H3. The second-order valence-electron chi connectivity index (χ2n) is 4.93. The molecular weight excluding hydrogens is 326 g/mol. The van der Waals surface area contributed by atoms with Gasteiger partial charge in [0.05, 0.1) is 5.75 Å². The Labute approximate surface area is 124 Å². The number of hydrogen-bond donors (Lipinski definition) is 1. The lowest BCUT2D eigenvalue weighted by molar-refractivity contribution is 0.513. The van der Waals surface area contributed by atoms with Gasteiger partial charge in [-0.05, 0) is 43.5 Å². The van der Waals surface area contributed by atoms with Gasteiger partial charge in [-0.2, -0.15) is 0 Å². The maximum Gasteiger partial charge on any atom is 0.147 e. The second kappa shape index (κ2) is 7.41. The maximum absolute atomic E-state index is 11.3. The second-order valence-corrected chi connectivity index (χ2v) is 8.05. The zero-order valence-electron chi connectivity index (χ0n) is 11.7. The fourth-order valence-corrected chi connectivity index (χ4v) is 2.83. The van der Waals surface area contributed by atoms with Gasteiger partial charge in [0.1, 0.15) is 9.84 Å². The van der Waals surface area contributed by atoms with Crippen molar-refractivity contribution in [2.24, 2.45) is 0 Å². The van der Waals surface area contributed by atoms with E-state index in [1.807, 2.05) is 19.1 Å². The Bertz CT molecular complexity index is 514. The summed E-state index contributed by atoms with van der Waals surface area (Å²) in [5.74, 6) is 0.212. The van der Waals surface area contributed by atoms with Gasteiger partial charge >= 0.3 is 0 Å². The highest BCUT2D eigenvalue weighted by molar-refractivity contribution is 9.10. The minimum atomic E-state index is -2.92. The maximum atomic E-state index is 11.3. The van der Waals surface area contributed by atoms with Crippen LogP contribution in [-0.4, -0.2) is 27.0 Å². The minimum absolute atomic E-state index is 0.0986. The Morgan fingerprint density at radius 2 is 2.05 bits per heavy atom. The number of nitrogens with one attached hydrogen (secondary N) is 1. The van der Waals surface area contributed by atoms with Gasteiger partial charge in [-0.15, -0.1) is 0 Å². The Morgan fingerprint density at radius 3 is 2.58 bits per heavy atom. The number of hydrogen-bond acceptors (Lipinski definition) is 3. The van der Waals surface area contributed by atoms with Crippen molar-refractivity contribution < 1.29 is 8.42 Å². The Balaban J connectivity index is 2.85. The SMILES string of the molecule is CCCNC(CCS(C)(=O)=O)c1ccc(Br)c(C)c1. The molecule has 0 aliphatic carbocycles. The highest BCUT2D eigenvalue weighted by Gasteiger charge is 2.14. The van der Waals surface area contributed by atoms with E-state index in [-0.39, 0.29) is 11.8 Å². The molecule has 0 aliphatic rings. The third-order valence-electron chi connectivity index (χ3n) is 3.00. The van der Waals surface area contributed by atoms with Crippen LogP contribution in [0.25, 0.3) is 0 Å². The predicted octanol–water partition coefficient (Wildman–Crippen LogP) is 3.23. The van der Waals surface area contributed by atoms with Gasteiger partial charge < -0.3 is 5.32 Å². The average Bonchev–Trinajstić information content (AvgIpc) is 2.32. The normalized spacial score (nSPS) is 13.5. The van der Waals surface area contributed by atoms with E-state index in [0.29, 0.717) is 6.42 Å². The fraction of sp³-hybridized carbons (Fsp3) is 0.571. The van der Waals surface area contributed by atoms with Crippen LogP contribution in [0.2, 0.25) is 0 Å². The van der Waals surface area contributed by atoms with Crippen LogP contribution in [0, 0.1) is 6.92 Å². The molecule has 0 fully saturated rings. The van der Waals surface area contributed by atoms with Gasteiger partial charge in [-0.3, -0.25) is 0 Å². The van der Waals surface area contributed by atoms with Crippen molar-refractivity contribution in [1.82, 2.24) is 5.32 Å². The molecule has 1 aromatic rings. The van der Waals surface area contributed by atoms with Crippen LogP contribution in [0.1, 0.15) is 36.9 Å². The first-order chi connectivity index (χ1) is 8.83.